The number of benzene rings is 1. The van der Waals surface area contributed by atoms with Crippen molar-refractivity contribution in [2.45, 2.75) is 19.8 Å². The molecule has 1 heterocycles. The molecule has 0 fully saturated rings. The third-order valence-corrected chi connectivity index (χ3v) is 3.43. The van der Waals surface area contributed by atoms with Crippen molar-refractivity contribution < 1.29 is 9.47 Å². The average molecular weight is 290 g/mol. The van der Waals surface area contributed by atoms with Gasteiger partial charge < -0.3 is 20.5 Å². The zero-order valence-corrected chi connectivity index (χ0v) is 12.7. The lowest BCUT2D eigenvalue weighted by atomic mass is 10.1. The molecule has 114 valence electrons. The monoisotopic (exact) mass is 290 g/mol. The summed E-state index contributed by atoms with van der Waals surface area (Å²) in [6.45, 7) is 2.85. The molecule has 1 aromatic heterocycles. The first-order valence-corrected chi connectivity index (χ1v) is 6.90. The van der Waals surface area contributed by atoms with Crippen LogP contribution in [0.5, 0.6) is 11.5 Å². The molecule has 0 aliphatic rings. The number of nitrogens with zero attached hydrogens (tertiary/aromatic N) is 1. The summed E-state index contributed by atoms with van der Waals surface area (Å²) < 4.78 is 10.5. The van der Waals surface area contributed by atoms with Crippen molar-refractivity contribution in [1.29, 1.82) is 0 Å². The molecule has 0 unspecified atom stereocenters. The van der Waals surface area contributed by atoms with E-state index in [1.54, 1.807) is 20.3 Å². The number of hydrogen-bond donors (Lipinski definition) is 3. The minimum absolute atomic E-state index is 0.634. The van der Waals surface area contributed by atoms with Gasteiger partial charge in [0, 0.05) is 24.4 Å². The smallest absolute Gasteiger partial charge is 0.162 e. The highest BCUT2D eigenvalue weighted by Crippen LogP contribution is 2.34. The highest BCUT2D eigenvalue weighted by Gasteiger charge is 2.09. The summed E-state index contributed by atoms with van der Waals surface area (Å²) >= 11 is 0. The number of methoxy groups -OCH3 is 2. The maximum Gasteiger partial charge on any atom is 0.162 e. The van der Waals surface area contributed by atoms with Crippen molar-refractivity contribution in [1.82, 2.24) is 10.2 Å². The van der Waals surface area contributed by atoms with Gasteiger partial charge in [-0.25, -0.2) is 0 Å². The summed E-state index contributed by atoms with van der Waals surface area (Å²) in [5, 5.41) is 10.3. The van der Waals surface area contributed by atoms with E-state index in [9.17, 15) is 0 Å². The van der Waals surface area contributed by atoms with Crippen LogP contribution in [0.25, 0.3) is 0 Å². The maximum absolute atomic E-state index is 6.01. The van der Waals surface area contributed by atoms with E-state index in [2.05, 4.69) is 15.5 Å². The van der Waals surface area contributed by atoms with E-state index in [-0.39, 0.29) is 0 Å². The molecule has 0 saturated carbocycles. The molecular formula is C15H22N4O2. The summed E-state index contributed by atoms with van der Waals surface area (Å²) in [5.74, 6) is 1.30. The second-order valence-corrected chi connectivity index (χ2v) is 4.85. The van der Waals surface area contributed by atoms with Gasteiger partial charge in [0.25, 0.3) is 0 Å². The molecule has 6 nitrogen and oxygen atoms in total. The molecule has 21 heavy (non-hydrogen) atoms. The Labute approximate surface area is 124 Å². The van der Waals surface area contributed by atoms with Gasteiger partial charge in [-0.2, -0.15) is 5.10 Å². The lowest BCUT2D eigenvalue weighted by Gasteiger charge is -2.14. The maximum atomic E-state index is 6.01. The van der Waals surface area contributed by atoms with Crippen molar-refractivity contribution in [3.8, 4) is 11.5 Å². The first-order valence-electron chi connectivity index (χ1n) is 6.90. The predicted octanol–water partition coefficient (Wildman–Crippen LogP) is 2.36. The number of aromatic amines is 1. The molecule has 1 aromatic carbocycles. The Kier molecular flexibility index (Phi) is 4.92. The van der Waals surface area contributed by atoms with Crippen LogP contribution in [-0.4, -0.2) is 31.0 Å². The second kappa shape index (κ2) is 6.88. The fourth-order valence-electron chi connectivity index (χ4n) is 2.18. The first kappa shape index (κ1) is 15.0. The Morgan fingerprint density at radius 1 is 1.24 bits per heavy atom. The van der Waals surface area contributed by atoms with Gasteiger partial charge in [-0.05, 0) is 25.3 Å². The summed E-state index contributed by atoms with van der Waals surface area (Å²) in [7, 11) is 3.21. The minimum atomic E-state index is 0.634. The van der Waals surface area contributed by atoms with Crippen molar-refractivity contribution in [3.05, 3.63) is 29.6 Å². The number of aromatic nitrogens is 2. The van der Waals surface area contributed by atoms with Crippen LogP contribution in [0.3, 0.4) is 0 Å². The van der Waals surface area contributed by atoms with Gasteiger partial charge >= 0.3 is 0 Å². The normalized spacial score (nSPS) is 10.4. The van der Waals surface area contributed by atoms with E-state index in [1.165, 1.54) is 5.56 Å². The van der Waals surface area contributed by atoms with Gasteiger partial charge in [0.05, 0.1) is 31.8 Å². The summed E-state index contributed by atoms with van der Waals surface area (Å²) in [6.07, 6.45) is 3.84. The Balaban J connectivity index is 1.92. The highest BCUT2D eigenvalue weighted by atomic mass is 16.5. The van der Waals surface area contributed by atoms with Gasteiger partial charge in [-0.1, -0.05) is 0 Å². The molecule has 0 bridgehead atoms. The van der Waals surface area contributed by atoms with Gasteiger partial charge in [0.1, 0.15) is 0 Å². The van der Waals surface area contributed by atoms with Crippen LogP contribution in [-0.2, 0) is 6.42 Å². The average Bonchev–Trinajstić information content (AvgIpc) is 2.89. The van der Waals surface area contributed by atoms with Crippen LogP contribution in [0.2, 0.25) is 0 Å². The molecule has 0 radical (unpaired) electrons. The number of ether oxygens (including phenoxy) is 2. The molecular weight excluding hydrogens is 268 g/mol. The van der Waals surface area contributed by atoms with E-state index in [1.807, 2.05) is 19.2 Å². The van der Waals surface area contributed by atoms with E-state index >= 15 is 0 Å². The summed E-state index contributed by atoms with van der Waals surface area (Å²) in [5.41, 5.74) is 9.88. The van der Waals surface area contributed by atoms with Gasteiger partial charge in [-0.15, -0.1) is 0 Å². The summed E-state index contributed by atoms with van der Waals surface area (Å²) in [6, 6.07) is 3.62. The van der Waals surface area contributed by atoms with Crippen LogP contribution in [0.4, 0.5) is 11.4 Å². The molecule has 0 aliphatic carbocycles. The van der Waals surface area contributed by atoms with Crippen LogP contribution in [0, 0.1) is 6.92 Å². The lowest BCUT2D eigenvalue weighted by molar-refractivity contribution is 0.355. The number of aryl methyl sites for hydroxylation is 2. The molecule has 0 saturated heterocycles. The van der Waals surface area contributed by atoms with Crippen molar-refractivity contribution >= 4 is 11.4 Å². The third-order valence-electron chi connectivity index (χ3n) is 3.43. The van der Waals surface area contributed by atoms with Crippen molar-refractivity contribution in [2.24, 2.45) is 0 Å². The highest BCUT2D eigenvalue weighted by molar-refractivity contribution is 5.72. The lowest BCUT2D eigenvalue weighted by Crippen LogP contribution is -2.06. The fraction of sp³-hybridized carbons (Fsp3) is 0.400. The third kappa shape index (κ3) is 3.59. The van der Waals surface area contributed by atoms with Crippen LogP contribution >= 0.6 is 0 Å². The van der Waals surface area contributed by atoms with Crippen molar-refractivity contribution in [3.63, 3.8) is 0 Å². The van der Waals surface area contributed by atoms with Gasteiger partial charge in [0.2, 0.25) is 0 Å². The van der Waals surface area contributed by atoms with E-state index < -0.39 is 0 Å². The number of nitrogens with two attached hydrogens (primary N) is 1. The first-order chi connectivity index (χ1) is 10.2. The molecule has 0 aliphatic heterocycles. The SMILES string of the molecule is COc1cc(N)c(NCCCc2cn[nH]c2C)cc1OC. The zero-order chi connectivity index (χ0) is 15.2. The Morgan fingerprint density at radius 2 is 1.95 bits per heavy atom. The number of anilines is 2. The number of rotatable bonds is 7. The fourth-order valence-corrected chi connectivity index (χ4v) is 2.18. The van der Waals surface area contributed by atoms with E-state index in [4.69, 9.17) is 15.2 Å². The molecule has 2 aromatic rings. The molecule has 0 spiro atoms. The Hall–Kier alpha value is -2.37. The molecule has 0 atom stereocenters. The van der Waals surface area contributed by atoms with E-state index in [0.29, 0.717) is 17.2 Å². The van der Waals surface area contributed by atoms with Gasteiger partial charge in [-0.3, -0.25) is 5.10 Å². The van der Waals surface area contributed by atoms with Crippen LogP contribution in [0.15, 0.2) is 18.3 Å². The number of nitrogens with one attached hydrogen (secondary N) is 2. The molecule has 6 heteroatoms. The zero-order valence-electron chi connectivity index (χ0n) is 12.7. The molecule has 0 amide bonds. The van der Waals surface area contributed by atoms with Crippen LogP contribution < -0.4 is 20.5 Å². The van der Waals surface area contributed by atoms with Crippen LogP contribution in [0.1, 0.15) is 17.7 Å². The largest absolute Gasteiger partial charge is 0.493 e. The number of H-pyrrole nitrogens is 1. The topological polar surface area (TPSA) is 85.2 Å². The second-order valence-electron chi connectivity index (χ2n) is 4.85. The molecule has 2 rings (SSSR count). The number of hydrogen-bond acceptors (Lipinski definition) is 5. The summed E-state index contributed by atoms with van der Waals surface area (Å²) in [4.78, 5) is 0. The predicted molar refractivity (Wildman–Crippen MR) is 84.1 cm³/mol. The molecule has 4 N–H and O–H groups in total. The van der Waals surface area contributed by atoms with E-state index in [0.717, 1.165) is 30.8 Å². The number of nitrogen functional groups attached to an aromatic ring is 1. The van der Waals surface area contributed by atoms with Gasteiger partial charge in [0.15, 0.2) is 11.5 Å². The standard InChI is InChI=1S/C15H22N4O2/c1-10-11(9-18-19-10)5-4-6-17-13-8-15(21-3)14(20-2)7-12(13)16/h7-9,17H,4-6,16H2,1-3H3,(H,18,19). The Bertz CT molecular complexity index is 595. The minimum Gasteiger partial charge on any atom is -0.493 e. The van der Waals surface area contributed by atoms with Crippen molar-refractivity contribution in [2.75, 3.05) is 31.8 Å². The Morgan fingerprint density at radius 3 is 2.57 bits per heavy atom. The quantitative estimate of drug-likeness (QED) is 0.538.